The zero-order chi connectivity index (χ0) is 14.4. The number of piperidine rings is 1. The largest absolute Gasteiger partial charge is 0.342 e. The normalized spacial score (nSPS) is 17.0. The average molecular weight is 349 g/mol. The molecule has 0 aliphatic carbocycles. The van der Waals surface area contributed by atoms with Gasteiger partial charge in [-0.05, 0) is 32.0 Å². The molecular formula is C14H22Cl2N4O2. The molecule has 22 heavy (non-hydrogen) atoms. The lowest BCUT2D eigenvalue weighted by molar-refractivity contribution is -0.131. The van der Waals surface area contributed by atoms with Crippen molar-refractivity contribution < 1.29 is 9.59 Å². The Hall–Kier alpha value is -1.37. The van der Waals surface area contributed by atoms with E-state index in [4.69, 9.17) is 0 Å². The molecule has 1 aliphatic rings. The van der Waals surface area contributed by atoms with Crippen molar-refractivity contribution in [1.29, 1.82) is 0 Å². The van der Waals surface area contributed by atoms with Crippen molar-refractivity contribution in [3.8, 4) is 0 Å². The summed E-state index contributed by atoms with van der Waals surface area (Å²) in [6, 6.07) is 5.45. The van der Waals surface area contributed by atoms with Crippen molar-refractivity contribution in [2.24, 2.45) is 0 Å². The fraction of sp³-hybridized carbons (Fsp3) is 0.500. The highest BCUT2D eigenvalue weighted by molar-refractivity contribution is 5.94. The van der Waals surface area contributed by atoms with Gasteiger partial charge >= 0.3 is 0 Å². The fourth-order valence-electron chi connectivity index (χ4n) is 2.29. The molecule has 0 saturated carbocycles. The van der Waals surface area contributed by atoms with Crippen LogP contribution < -0.4 is 10.6 Å². The number of hydrogen-bond donors (Lipinski definition) is 2. The summed E-state index contributed by atoms with van der Waals surface area (Å²) in [7, 11) is 1.90. The molecule has 124 valence electrons. The Morgan fingerprint density at radius 3 is 2.77 bits per heavy atom. The van der Waals surface area contributed by atoms with Gasteiger partial charge in [-0.25, -0.2) is 0 Å². The first kappa shape index (κ1) is 20.6. The van der Waals surface area contributed by atoms with Crippen molar-refractivity contribution in [3.05, 3.63) is 30.1 Å². The Bertz CT molecular complexity index is 473. The number of hydrogen-bond acceptors (Lipinski definition) is 4. The molecule has 0 aromatic carbocycles. The molecule has 8 heteroatoms. The van der Waals surface area contributed by atoms with Gasteiger partial charge in [-0.3, -0.25) is 14.6 Å². The Morgan fingerprint density at radius 2 is 2.14 bits per heavy atom. The number of pyridine rings is 1. The molecule has 0 bridgehead atoms. The Labute approximate surface area is 142 Å². The van der Waals surface area contributed by atoms with Gasteiger partial charge in [-0.2, -0.15) is 0 Å². The molecule has 1 fully saturated rings. The third-order valence-corrected chi connectivity index (χ3v) is 3.48. The van der Waals surface area contributed by atoms with E-state index >= 15 is 0 Å². The van der Waals surface area contributed by atoms with Crippen LogP contribution in [-0.2, 0) is 4.79 Å². The van der Waals surface area contributed by atoms with E-state index in [1.54, 1.807) is 29.3 Å². The summed E-state index contributed by atoms with van der Waals surface area (Å²) in [4.78, 5) is 29.6. The lowest BCUT2D eigenvalue weighted by Crippen LogP contribution is -2.49. The van der Waals surface area contributed by atoms with Gasteiger partial charge in [0.25, 0.3) is 5.91 Å². The zero-order valence-electron chi connectivity index (χ0n) is 12.4. The minimum Gasteiger partial charge on any atom is -0.342 e. The molecular weight excluding hydrogens is 327 g/mol. The number of halogens is 2. The van der Waals surface area contributed by atoms with Gasteiger partial charge in [0, 0.05) is 25.3 Å². The zero-order valence-corrected chi connectivity index (χ0v) is 14.1. The van der Waals surface area contributed by atoms with Crippen LogP contribution in [0.1, 0.15) is 23.3 Å². The molecule has 1 aromatic rings. The summed E-state index contributed by atoms with van der Waals surface area (Å²) < 4.78 is 0. The van der Waals surface area contributed by atoms with E-state index in [0.717, 1.165) is 19.4 Å². The maximum absolute atomic E-state index is 12.1. The second kappa shape index (κ2) is 10.4. The van der Waals surface area contributed by atoms with Gasteiger partial charge in [0.2, 0.25) is 5.91 Å². The van der Waals surface area contributed by atoms with Crippen molar-refractivity contribution in [3.63, 3.8) is 0 Å². The van der Waals surface area contributed by atoms with Gasteiger partial charge in [0.15, 0.2) is 0 Å². The predicted octanol–water partition coefficient (Wildman–Crippen LogP) is 0.865. The van der Waals surface area contributed by atoms with Gasteiger partial charge < -0.3 is 15.5 Å². The number of nitrogens with zero attached hydrogens (tertiary/aromatic N) is 2. The molecule has 1 atom stereocenters. The topological polar surface area (TPSA) is 74.3 Å². The molecule has 6 nitrogen and oxygen atoms in total. The smallest absolute Gasteiger partial charge is 0.270 e. The fourth-order valence-corrected chi connectivity index (χ4v) is 2.29. The van der Waals surface area contributed by atoms with Crippen molar-refractivity contribution in [1.82, 2.24) is 20.5 Å². The lowest BCUT2D eigenvalue weighted by Gasteiger charge is -2.32. The molecule has 1 saturated heterocycles. The van der Waals surface area contributed by atoms with Crippen molar-refractivity contribution >= 4 is 36.6 Å². The molecule has 0 radical (unpaired) electrons. The first-order valence-corrected chi connectivity index (χ1v) is 6.85. The number of amides is 2. The van der Waals surface area contributed by atoms with Gasteiger partial charge in [-0.1, -0.05) is 6.07 Å². The number of rotatable bonds is 4. The molecule has 2 N–H and O–H groups in total. The molecule has 2 heterocycles. The van der Waals surface area contributed by atoms with E-state index < -0.39 is 0 Å². The van der Waals surface area contributed by atoms with Crippen LogP contribution in [0.25, 0.3) is 0 Å². The standard InChI is InChI=1S/C14H20N4O2.2ClH/c1-15-11-5-4-8-18(10-11)13(19)9-17-14(20)12-6-2-3-7-16-12;;/h2-3,6-7,11,15H,4-5,8-10H2,1H3,(H,17,20);2*1H. The molecule has 2 amide bonds. The Balaban J connectivity index is 0.00000220. The quantitative estimate of drug-likeness (QED) is 0.846. The van der Waals surface area contributed by atoms with E-state index in [1.165, 1.54) is 0 Å². The van der Waals surface area contributed by atoms with Crippen LogP contribution in [-0.4, -0.2) is 54.4 Å². The van der Waals surface area contributed by atoms with Crippen LogP contribution in [0.2, 0.25) is 0 Å². The monoisotopic (exact) mass is 348 g/mol. The Kier molecular flexibility index (Phi) is 9.73. The minimum atomic E-state index is -0.318. The van der Waals surface area contributed by atoms with E-state index in [9.17, 15) is 9.59 Å². The first-order valence-electron chi connectivity index (χ1n) is 6.85. The van der Waals surface area contributed by atoms with Crippen LogP contribution in [0.15, 0.2) is 24.4 Å². The average Bonchev–Trinajstić information content (AvgIpc) is 2.53. The number of carbonyl (C=O) groups is 2. The number of nitrogens with one attached hydrogen (secondary N) is 2. The predicted molar refractivity (Wildman–Crippen MR) is 89.7 cm³/mol. The maximum atomic E-state index is 12.1. The molecule has 1 aliphatic heterocycles. The van der Waals surface area contributed by atoms with Gasteiger partial charge in [0.1, 0.15) is 5.69 Å². The molecule has 2 rings (SSSR count). The molecule has 1 unspecified atom stereocenters. The van der Waals surface area contributed by atoms with E-state index in [1.807, 2.05) is 7.05 Å². The second-order valence-electron chi connectivity index (χ2n) is 4.87. The Morgan fingerprint density at radius 1 is 1.36 bits per heavy atom. The summed E-state index contributed by atoms with van der Waals surface area (Å²) in [5, 5.41) is 5.80. The summed E-state index contributed by atoms with van der Waals surface area (Å²) in [5.74, 6) is -0.365. The summed E-state index contributed by atoms with van der Waals surface area (Å²) in [5.41, 5.74) is 0.326. The maximum Gasteiger partial charge on any atom is 0.270 e. The lowest BCUT2D eigenvalue weighted by atomic mass is 10.1. The van der Waals surface area contributed by atoms with Gasteiger partial charge in [0.05, 0.1) is 6.54 Å². The van der Waals surface area contributed by atoms with Crippen molar-refractivity contribution in [2.75, 3.05) is 26.7 Å². The van der Waals surface area contributed by atoms with Crippen molar-refractivity contribution in [2.45, 2.75) is 18.9 Å². The van der Waals surface area contributed by atoms with Crippen LogP contribution in [0.5, 0.6) is 0 Å². The molecule has 0 spiro atoms. The van der Waals surface area contributed by atoms with Crippen LogP contribution in [0, 0.1) is 0 Å². The van der Waals surface area contributed by atoms with Gasteiger partial charge in [-0.15, -0.1) is 24.8 Å². The highest BCUT2D eigenvalue weighted by Crippen LogP contribution is 2.09. The molecule has 1 aromatic heterocycles. The highest BCUT2D eigenvalue weighted by Gasteiger charge is 2.22. The summed E-state index contributed by atoms with van der Waals surface area (Å²) >= 11 is 0. The summed E-state index contributed by atoms with van der Waals surface area (Å²) in [6.45, 7) is 1.48. The highest BCUT2D eigenvalue weighted by atomic mass is 35.5. The van der Waals surface area contributed by atoms with E-state index in [-0.39, 0.29) is 43.2 Å². The number of carbonyl (C=O) groups excluding carboxylic acids is 2. The third-order valence-electron chi connectivity index (χ3n) is 3.48. The second-order valence-corrected chi connectivity index (χ2v) is 4.87. The SMILES string of the molecule is CNC1CCCN(C(=O)CNC(=O)c2ccccn2)C1.Cl.Cl. The number of likely N-dealkylation sites (tertiary alicyclic amines) is 1. The van der Waals surface area contributed by atoms with Crippen LogP contribution >= 0.6 is 24.8 Å². The minimum absolute atomic E-state index is 0. The first-order chi connectivity index (χ1) is 9.70. The van der Waals surface area contributed by atoms with E-state index in [2.05, 4.69) is 15.6 Å². The van der Waals surface area contributed by atoms with Crippen LogP contribution in [0.3, 0.4) is 0 Å². The summed E-state index contributed by atoms with van der Waals surface area (Å²) in [6.07, 6.45) is 3.63. The number of aromatic nitrogens is 1. The third kappa shape index (κ3) is 5.79. The van der Waals surface area contributed by atoms with Crippen LogP contribution in [0.4, 0.5) is 0 Å². The van der Waals surface area contributed by atoms with E-state index in [0.29, 0.717) is 18.3 Å². The number of likely N-dealkylation sites (N-methyl/N-ethyl adjacent to an activating group) is 1.